The van der Waals surface area contributed by atoms with Crippen molar-refractivity contribution in [1.82, 2.24) is 5.32 Å². The molecule has 0 bridgehead atoms. The van der Waals surface area contributed by atoms with Gasteiger partial charge in [-0.2, -0.15) is 0 Å². The minimum atomic E-state index is 0.543. The Balaban J connectivity index is 1.90. The van der Waals surface area contributed by atoms with Crippen LogP contribution in [-0.2, 0) is 0 Å². The van der Waals surface area contributed by atoms with Gasteiger partial charge in [-0.3, -0.25) is 4.99 Å². The summed E-state index contributed by atoms with van der Waals surface area (Å²) in [7, 11) is 0. The Morgan fingerprint density at radius 3 is 2.93 bits per heavy atom. The molecule has 0 radical (unpaired) electrons. The third-order valence-corrected chi connectivity index (χ3v) is 3.53. The zero-order valence-corrected chi connectivity index (χ0v) is 9.87. The van der Waals surface area contributed by atoms with Crippen LogP contribution in [0, 0.1) is 11.8 Å². The third-order valence-electron chi connectivity index (χ3n) is 3.53. The van der Waals surface area contributed by atoms with E-state index in [9.17, 15) is 0 Å². The fourth-order valence-corrected chi connectivity index (χ4v) is 2.72. The Hall–Kier alpha value is -0.570. The highest BCUT2D eigenvalue weighted by molar-refractivity contribution is 5.84. The Morgan fingerprint density at radius 2 is 2.27 bits per heavy atom. The van der Waals surface area contributed by atoms with E-state index < -0.39 is 0 Å². The first-order valence-corrected chi connectivity index (χ1v) is 6.22. The first-order valence-electron chi connectivity index (χ1n) is 6.22. The molecule has 2 aliphatic rings. The molecule has 1 saturated carbocycles. The maximum atomic E-state index is 5.74. The maximum absolute atomic E-state index is 5.74. The van der Waals surface area contributed by atoms with Gasteiger partial charge in [0.25, 0.3) is 0 Å². The number of nitrogens with one attached hydrogen (secondary N) is 1. The average Bonchev–Trinajstić information content (AvgIpc) is 2.57. The minimum Gasteiger partial charge on any atom is -0.369 e. The molecule has 86 valence electrons. The predicted molar refractivity (Wildman–Crippen MR) is 64.0 cm³/mol. The van der Waals surface area contributed by atoms with Crippen molar-refractivity contribution >= 4 is 5.84 Å². The van der Waals surface area contributed by atoms with E-state index in [1.54, 1.807) is 0 Å². The molecule has 0 aromatic heterocycles. The molecule has 1 aliphatic carbocycles. The van der Waals surface area contributed by atoms with Gasteiger partial charge in [0.15, 0.2) is 0 Å². The monoisotopic (exact) mass is 209 g/mol. The second-order valence-electron chi connectivity index (χ2n) is 5.41. The molecule has 3 unspecified atom stereocenters. The zero-order valence-electron chi connectivity index (χ0n) is 9.87. The quantitative estimate of drug-likeness (QED) is 0.740. The number of hydrogen-bond acceptors (Lipinski definition) is 3. The van der Waals surface area contributed by atoms with Crippen LogP contribution in [0.4, 0.5) is 0 Å². The molecule has 1 heterocycles. The number of hydrogen-bond donors (Lipinski definition) is 2. The molecule has 0 aromatic rings. The number of nitrogens with zero attached hydrogens (tertiary/aromatic N) is 1. The lowest BCUT2D eigenvalue weighted by Crippen LogP contribution is -2.41. The van der Waals surface area contributed by atoms with E-state index in [1.165, 1.54) is 25.1 Å². The van der Waals surface area contributed by atoms with Gasteiger partial charge >= 0.3 is 0 Å². The summed E-state index contributed by atoms with van der Waals surface area (Å²) in [5.41, 5.74) is 5.74. The number of fused-ring (bicyclic) bond motifs is 1. The summed E-state index contributed by atoms with van der Waals surface area (Å²) in [6.45, 7) is 5.33. The Morgan fingerprint density at radius 1 is 1.47 bits per heavy atom. The van der Waals surface area contributed by atoms with Crippen molar-refractivity contribution in [3.63, 3.8) is 0 Å². The van der Waals surface area contributed by atoms with E-state index in [0.29, 0.717) is 23.9 Å². The summed E-state index contributed by atoms with van der Waals surface area (Å²) < 4.78 is 0. The topological polar surface area (TPSA) is 50.4 Å². The summed E-state index contributed by atoms with van der Waals surface area (Å²) in [6, 6.07) is 1.13. The van der Waals surface area contributed by atoms with Crippen molar-refractivity contribution in [2.24, 2.45) is 22.6 Å². The van der Waals surface area contributed by atoms with E-state index in [2.05, 4.69) is 19.2 Å². The van der Waals surface area contributed by atoms with E-state index in [0.717, 1.165) is 13.0 Å². The van der Waals surface area contributed by atoms with Gasteiger partial charge in [0.1, 0.15) is 0 Å². The van der Waals surface area contributed by atoms with Crippen molar-refractivity contribution in [2.75, 3.05) is 6.54 Å². The first-order chi connectivity index (χ1) is 7.19. The van der Waals surface area contributed by atoms with Gasteiger partial charge in [-0.1, -0.05) is 13.8 Å². The van der Waals surface area contributed by atoms with Gasteiger partial charge in [0.05, 0.1) is 11.9 Å². The number of rotatable bonds is 3. The minimum absolute atomic E-state index is 0.543. The summed E-state index contributed by atoms with van der Waals surface area (Å²) in [6.07, 6.45) is 4.80. The van der Waals surface area contributed by atoms with Crippen LogP contribution in [0.15, 0.2) is 4.99 Å². The highest BCUT2D eigenvalue weighted by Gasteiger charge is 2.34. The van der Waals surface area contributed by atoms with Crippen molar-refractivity contribution in [1.29, 1.82) is 0 Å². The van der Waals surface area contributed by atoms with Gasteiger partial charge in [0.2, 0.25) is 0 Å². The molecule has 3 nitrogen and oxygen atoms in total. The van der Waals surface area contributed by atoms with Crippen LogP contribution in [0.25, 0.3) is 0 Å². The number of nitrogens with two attached hydrogens (primary N) is 1. The summed E-state index contributed by atoms with van der Waals surface area (Å²) >= 11 is 0. The van der Waals surface area contributed by atoms with Crippen LogP contribution in [0.3, 0.4) is 0 Å². The lowest BCUT2D eigenvalue weighted by Gasteiger charge is -2.29. The fourth-order valence-electron chi connectivity index (χ4n) is 2.72. The lowest BCUT2D eigenvalue weighted by atomic mass is 9.83. The molecule has 1 aliphatic heterocycles. The molecule has 3 N–H and O–H groups in total. The maximum Gasteiger partial charge on any atom is 0.0972 e. The second-order valence-corrected chi connectivity index (χ2v) is 5.41. The first kappa shape index (κ1) is 10.9. The molecular formula is C12H23N3. The van der Waals surface area contributed by atoms with Crippen LogP contribution in [0.5, 0.6) is 0 Å². The Labute approximate surface area is 92.5 Å². The van der Waals surface area contributed by atoms with Crippen molar-refractivity contribution in [3.8, 4) is 0 Å². The molecule has 3 heteroatoms. The van der Waals surface area contributed by atoms with E-state index >= 15 is 0 Å². The molecule has 15 heavy (non-hydrogen) atoms. The van der Waals surface area contributed by atoms with Crippen molar-refractivity contribution < 1.29 is 0 Å². The highest BCUT2D eigenvalue weighted by atomic mass is 15.1. The van der Waals surface area contributed by atoms with Crippen LogP contribution in [0.2, 0.25) is 0 Å². The van der Waals surface area contributed by atoms with Gasteiger partial charge in [0, 0.05) is 12.5 Å². The van der Waals surface area contributed by atoms with Gasteiger partial charge in [-0.15, -0.1) is 0 Å². The van der Waals surface area contributed by atoms with Crippen LogP contribution >= 0.6 is 0 Å². The normalized spacial score (nSPS) is 34.9. The Kier molecular flexibility index (Phi) is 3.29. The lowest BCUT2D eigenvalue weighted by molar-refractivity contribution is 0.294. The Bertz CT molecular complexity index is 247. The largest absolute Gasteiger partial charge is 0.369 e. The van der Waals surface area contributed by atoms with Crippen LogP contribution in [0.1, 0.15) is 39.5 Å². The van der Waals surface area contributed by atoms with Crippen LogP contribution < -0.4 is 11.1 Å². The summed E-state index contributed by atoms with van der Waals surface area (Å²) in [5.74, 6) is 2.65. The van der Waals surface area contributed by atoms with Gasteiger partial charge in [-0.25, -0.2) is 0 Å². The SMILES string of the molecule is CC(C)CC1=NC2CCC(CN)CC2N1. The zero-order chi connectivity index (χ0) is 10.8. The third kappa shape index (κ3) is 2.51. The van der Waals surface area contributed by atoms with Crippen LogP contribution in [-0.4, -0.2) is 24.5 Å². The predicted octanol–water partition coefficient (Wildman–Crippen LogP) is 1.53. The van der Waals surface area contributed by atoms with Crippen molar-refractivity contribution in [2.45, 2.75) is 51.6 Å². The standard InChI is InChI=1S/C12H23N3/c1-8(2)5-12-14-10-4-3-9(7-13)6-11(10)15-12/h8-11H,3-7,13H2,1-2H3,(H,14,15). The molecule has 3 atom stereocenters. The molecule has 1 fully saturated rings. The molecule has 0 spiro atoms. The number of aliphatic imine (C=N–C) groups is 1. The smallest absolute Gasteiger partial charge is 0.0972 e. The molecule has 0 saturated heterocycles. The van der Waals surface area contributed by atoms with Gasteiger partial charge in [-0.05, 0) is 37.6 Å². The van der Waals surface area contributed by atoms with E-state index in [-0.39, 0.29) is 0 Å². The number of amidine groups is 1. The highest BCUT2D eigenvalue weighted by Crippen LogP contribution is 2.29. The average molecular weight is 209 g/mol. The summed E-state index contributed by atoms with van der Waals surface area (Å²) in [4.78, 5) is 4.78. The van der Waals surface area contributed by atoms with Crippen molar-refractivity contribution in [3.05, 3.63) is 0 Å². The van der Waals surface area contributed by atoms with Gasteiger partial charge < -0.3 is 11.1 Å². The fraction of sp³-hybridized carbons (Fsp3) is 0.917. The van der Waals surface area contributed by atoms with E-state index in [4.69, 9.17) is 10.7 Å². The second kappa shape index (κ2) is 4.52. The molecule has 0 amide bonds. The summed E-state index contributed by atoms with van der Waals surface area (Å²) in [5, 5.41) is 3.58. The molecule has 0 aromatic carbocycles. The molecule has 2 rings (SSSR count). The molecular weight excluding hydrogens is 186 g/mol. The van der Waals surface area contributed by atoms with E-state index in [1.807, 2.05) is 0 Å².